The number of halogens is 1. The summed E-state index contributed by atoms with van der Waals surface area (Å²) in [7, 11) is 0. The van der Waals surface area contributed by atoms with E-state index >= 15 is 0 Å². The lowest BCUT2D eigenvalue weighted by atomic mass is 9.91. The van der Waals surface area contributed by atoms with Crippen LogP contribution in [0.5, 0.6) is 5.75 Å². The molecule has 2 aliphatic heterocycles. The predicted octanol–water partition coefficient (Wildman–Crippen LogP) is 3.98. The Hall–Kier alpha value is -4.39. The van der Waals surface area contributed by atoms with Gasteiger partial charge in [0.15, 0.2) is 5.65 Å². The minimum absolute atomic E-state index is 0.0127. The zero-order valence-corrected chi connectivity index (χ0v) is 27.7. The molecule has 3 aliphatic rings. The molecule has 0 spiro atoms. The Bertz CT molecular complexity index is 1940. The van der Waals surface area contributed by atoms with Crippen LogP contribution in [0.15, 0.2) is 64.3 Å². The molecule has 1 amide bonds. The lowest BCUT2D eigenvalue weighted by Crippen LogP contribution is -2.47. The number of pyridine rings is 1. The van der Waals surface area contributed by atoms with E-state index in [1.165, 1.54) is 15.6 Å². The molecule has 2 aromatic carbocycles. The monoisotopic (exact) mass is 670 g/mol. The molecule has 1 aliphatic carbocycles. The van der Waals surface area contributed by atoms with Crippen molar-refractivity contribution in [2.45, 2.75) is 63.6 Å². The predicted molar refractivity (Wildman–Crippen MR) is 184 cm³/mol. The number of aromatic hydroxyl groups is 1. The summed E-state index contributed by atoms with van der Waals surface area (Å²) in [5, 5.41) is 13.5. The van der Waals surface area contributed by atoms with Gasteiger partial charge in [-0.3, -0.25) is 24.0 Å². The zero-order chi connectivity index (χ0) is 33.9. The van der Waals surface area contributed by atoms with Crippen LogP contribution < -0.4 is 16.6 Å². The summed E-state index contributed by atoms with van der Waals surface area (Å²) in [6.07, 6.45) is 6.77. The second-order valence-electron chi connectivity index (χ2n) is 13.5. The smallest absolute Gasteiger partial charge is 0.337 e. The standard InChI is InChI=1S/C37H43FN6O5/c38-27-21-33-35(39-22-27)43(30-6-4-5-25(19-30)32-12-11-31(45)20-26(32)23-42-15-17-49-18-16-42)37(48)44(36(33)47)29-9-7-28(8-10-29)40-34(46)24-41-13-2-1-3-14-41/h4-6,11-12,19-22,28-29,45H,1-3,7-10,13-18,23-24H2,(H,40,46). The maximum atomic E-state index is 14.5. The average Bonchev–Trinajstić information content (AvgIpc) is 3.10. The molecule has 7 rings (SSSR count). The third-order valence-corrected chi connectivity index (χ3v) is 10.1. The first-order valence-electron chi connectivity index (χ1n) is 17.4. The lowest BCUT2D eigenvalue weighted by Gasteiger charge is -2.31. The van der Waals surface area contributed by atoms with E-state index in [1.807, 2.05) is 24.3 Å². The Morgan fingerprint density at radius 2 is 1.71 bits per heavy atom. The number of rotatable bonds is 8. The van der Waals surface area contributed by atoms with Crippen LogP contribution in [0.3, 0.4) is 0 Å². The Labute approximate surface area is 283 Å². The summed E-state index contributed by atoms with van der Waals surface area (Å²) >= 11 is 0. The number of likely N-dealkylation sites (tertiary alicyclic amines) is 1. The van der Waals surface area contributed by atoms with Gasteiger partial charge in [0.1, 0.15) is 11.6 Å². The van der Waals surface area contributed by atoms with Crippen molar-refractivity contribution in [2.24, 2.45) is 0 Å². The maximum Gasteiger partial charge on any atom is 0.337 e. The topological polar surface area (TPSA) is 122 Å². The summed E-state index contributed by atoms with van der Waals surface area (Å²) < 4.78 is 22.7. The normalized spacial score (nSPS) is 20.8. The van der Waals surface area contributed by atoms with Crippen LogP contribution in [0.25, 0.3) is 27.8 Å². The molecule has 4 heterocycles. The van der Waals surface area contributed by atoms with E-state index in [0.29, 0.717) is 57.7 Å². The van der Waals surface area contributed by atoms with Gasteiger partial charge in [-0.2, -0.15) is 0 Å². The molecule has 0 unspecified atom stereocenters. The van der Waals surface area contributed by atoms with Gasteiger partial charge in [0.05, 0.1) is 37.0 Å². The van der Waals surface area contributed by atoms with E-state index in [2.05, 4.69) is 20.1 Å². The van der Waals surface area contributed by atoms with Crippen molar-refractivity contribution in [1.82, 2.24) is 29.2 Å². The molecule has 258 valence electrons. The number of amides is 1. The first-order chi connectivity index (χ1) is 23.8. The molecule has 11 nitrogen and oxygen atoms in total. The minimum Gasteiger partial charge on any atom is -0.508 e. The second kappa shape index (κ2) is 14.6. The number of carbonyl (C=O) groups is 1. The summed E-state index contributed by atoms with van der Waals surface area (Å²) in [4.78, 5) is 49.7. The number of nitrogens with zero attached hydrogens (tertiary/aromatic N) is 5. The first-order valence-corrected chi connectivity index (χ1v) is 17.4. The van der Waals surface area contributed by atoms with Crippen LogP contribution in [0.1, 0.15) is 56.6 Å². The number of hydrogen-bond acceptors (Lipinski definition) is 8. The molecule has 4 aromatic rings. The molecule has 0 atom stereocenters. The highest BCUT2D eigenvalue weighted by Crippen LogP contribution is 2.31. The molecule has 0 radical (unpaired) electrons. The van der Waals surface area contributed by atoms with Crippen molar-refractivity contribution in [2.75, 3.05) is 45.9 Å². The van der Waals surface area contributed by atoms with Gasteiger partial charge in [-0.15, -0.1) is 0 Å². The third-order valence-electron chi connectivity index (χ3n) is 10.1. The molecular weight excluding hydrogens is 627 g/mol. The summed E-state index contributed by atoms with van der Waals surface area (Å²) in [6.45, 7) is 5.77. The van der Waals surface area contributed by atoms with E-state index < -0.39 is 23.1 Å². The highest BCUT2D eigenvalue weighted by molar-refractivity contribution is 5.78. The van der Waals surface area contributed by atoms with Crippen molar-refractivity contribution in [3.63, 3.8) is 0 Å². The number of nitrogens with one attached hydrogen (secondary N) is 1. The summed E-state index contributed by atoms with van der Waals surface area (Å²) in [6, 6.07) is 13.4. The van der Waals surface area contributed by atoms with Gasteiger partial charge < -0.3 is 15.2 Å². The molecule has 1 saturated carbocycles. The Morgan fingerprint density at radius 1 is 0.939 bits per heavy atom. The van der Waals surface area contributed by atoms with Gasteiger partial charge in [0, 0.05) is 31.7 Å². The fourth-order valence-corrected chi connectivity index (χ4v) is 7.61. The van der Waals surface area contributed by atoms with E-state index in [4.69, 9.17) is 4.74 Å². The minimum atomic E-state index is -0.660. The molecule has 2 aromatic heterocycles. The van der Waals surface area contributed by atoms with Gasteiger partial charge in [-0.25, -0.2) is 18.7 Å². The van der Waals surface area contributed by atoms with Gasteiger partial charge >= 0.3 is 5.69 Å². The number of ether oxygens (including phenoxy) is 1. The molecule has 12 heteroatoms. The second-order valence-corrected chi connectivity index (χ2v) is 13.5. The van der Waals surface area contributed by atoms with Crippen molar-refractivity contribution >= 4 is 16.9 Å². The molecule has 49 heavy (non-hydrogen) atoms. The largest absolute Gasteiger partial charge is 0.508 e. The van der Waals surface area contributed by atoms with E-state index in [9.17, 15) is 23.9 Å². The Morgan fingerprint density at radius 3 is 2.49 bits per heavy atom. The Kier molecular flexibility index (Phi) is 9.88. The number of benzene rings is 2. The van der Waals surface area contributed by atoms with Crippen LogP contribution >= 0.6 is 0 Å². The lowest BCUT2D eigenvalue weighted by molar-refractivity contribution is -0.123. The van der Waals surface area contributed by atoms with Crippen LogP contribution in [0.2, 0.25) is 0 Å². The molecule has 3 fully saturated rings. The average molecular weight is 671 g/mol. The van der Waals surface area contributed by atoms with E-state index in [-0.39, 0.29) is 28.7 Å². The third kappa shape index (κ3) is 7.31. The van der Waals surface area contributed by atoms with Gasteiger partial charge in [0.25, 0.3) is 5.56 Å². The van der Waals surface area contributed by atoms with Crippen LogP contribution in [-0.4, -0.2) is 86.9 Å². The van der Waals surface area contributed by atoms with Crippen LogP contribution in [-0.2, 0) is 16.1 Å². The van der Waals surface area contributed by atoms with Crippen molar-refractivity contribution in [3.8, 4) is 22.6 Å². The van der Waals surface area contributed by atoms with Gasteiger partial charge in [-0.05, 0) is 98.6 Å². The van der Waals surface area contributed by atoms with Crippen LogP contribution in [0, 0.1) is 5.82 Å². The molecule has 2 saturated heterocycles. The first kappa shape index (κ1) is 33.1. The van der Waals surface area contributed by atoms with Gasteiger partial charge in [-0.1, -0.05) is 24.6 Å². The highest BCUT2D eigenvalue weighted by Gasteiger charge is 2.28. The number of phenolic OH excluding ortho intramolecular Hbond substituents is 1. The van der Waals surface area contributed by atoms with Crippen molar-refractivity contribution in [1.29, 1.82) is 0 Å². The number of fused-ring (bicyclic) bond motifs is 1. The Balaban J connectivity index is 1.19. The molecule has 2 N–H and O–H groups in total. The molecule has 0 bridgehead atoms. The number of morpholine rings is 1. The van der Waals surface area contributed by atoms with Crippen molar-refractivity contribution < 1.29 is 19.0 Å². The number of aromatic nitrogens is 3. The quantitative estimate of drug-likeness (QED) is 0.289. The number of carbonyl (C=O) groups excluding carboxylic acids is 1. The van der Waals surface area contributed by atoms with Crippen LogP contribution in [0.4, 0.5) is 4.39 Å². The molecular formula is C37H43FN6O5. The maximum absolute atomic E-state index is 14.5. The zero-order valence-electron chi connectivity index (χ0n) is 27.7. The highest BCUT2D eigenvalue weighted by atomic mass is 19.1. The number of hydrogen-bond donors (Lipinski definition) is 2. The van der Waals surface area contributed by atoms with E-state index in [0.717, 1.165) is 68.0 Å². The number of piperidine rings is 1. The summed E-state index contributed by atoms with van der Waals surface area (Å²) in [5.74, 6) is -0.481. The van der Waals surface area contributed by atoms with Gasteiger partial charge in [0.2, 0.25) is 5.91 Å². The van der Waals surface area contributed by atoms with E-state index in [1.54, 1.807) is 18.2 Å². The fourth-order valence-electron chi connectivity index (χ4n) is 7.61. The fraction of sp³-hybridized carbons (Fsp3) is 0.459. The summed E-state index contributed by atoms with van der Waals surface area (Å²) in [5.41, 5.74) is 2.13. The number of phenols is 1. The van der Waals surface area contributed by atoms with Crippen molar-refractivity contribution in [3.05, 3.63) is 86.9 Å². The SMILES string of the molecule is O=C(CN1CCCCC1)NC1CCC(n2c(=O)c3cc(F)cnc3n(-c3cccc(-c4ccc(O)cc4CN4CCOCC4)c3)c2=O)CC1.